The van der Waals surface area contributed by atoms with E-state index in [1.54, 1.807) is 6.20 Å². The van der Waals surface area contributed by atoms with Gasteiger partial charge in [0.05, 0.1) is 22.8 Å². The molecule has 0 aliphatic carbocycles. The van der Waals surface area contributed by atoms with Gasteiger partial charge in [-0.3, -0.25) is 4.98 Å². The quantitative estimate of drug-likeness (QED) is 0.713. The molecular formula is C15H16N4O. The number of rotatable bonds is 3. The predicted octanol–water partition coefficient (Wildman–Crippen LogP) is 2.12. The van der Waals surface area contributed by atoms with E-state index in [4.69, 9.17) is 5.73 Å². The normalized spacial score (nSPS) is 12.7. The number of benzene rings is 1. The van der Waals surface area contributed by atoms with E-state index in [1.807, 2.05) is 47.9 Å². The van der Waals surface area contributed by atoms with Crippen molar-refractivity contribution in [2.45, 2.75) is 19.6 Å². The summed E-state index contributed by atoms with van der Waals surface area (Å²) < 4.78 is 2.00. The fourth-order valence-corrected chi connectivity index (χ4v) is 2.46. The summed E-state index contributed by atoms with van der Waals surface area (Å²) in [4.78, 5) is 8.82. The lowest BCUT2D eigenvalue weighted by atomic mass is 10.2. The van der Waals surface area contributed by atoms with Crippen LogP contribution in [0.25, 0.3) is 11.0 Å². The molecular weight excluding hydrogens is 252 g/mol. The topological polar surface area (TPSA) is 77.0 Å². The maximum atomic E-state index is 9.55. The van der Waals surface area contributed by atoms with Crippen molar-refractivity contribution in [1.29, 1.82) is 0 Å². The summed E-state index contributed by atoms with van der Waals surface area (Å²) in [6, 6.07) is 11.4. The van der Waals surface area contributed by atoms with Gasteiger partial charge < -0.3 is 15.4 Å². The molecule has 0 aliphatic rings. The third-order valence-electron chi connectivity index (χ3n) is 3.43. The highest BCUT2D eigenvalue weighted by Crippen LogP contribution is 2.26. The van der Waals surface area contributed by atoms with Gasteiger partial charge in [-0.15, -0.1) is 0 Å². The Hall–Kier alpha value is -2.40. The van der Waals surface area contributed by atoms with Crippen molar-refractivity contribution in [3.05, 3.63) is 54.1 Å². The van der Waals surface area contributed by atoms with Crippen molar-refractivity contribution in [3.63, 3.8) is 0 Å². The molecule has 3 rings (SSSR count). The minimum Gasteiger partial charge on any atom is -0.399 e. The lowest BCUT2D eigenvalue weighted by molar-refractivity contribution is 0.264. The van der Waals surface area contributed by atoms with Crippen molar-refractivity contribution in [1.82, 2.24) is 14.5 Å². The molecule has 0 saturated heterocycles. The van der Waals surface area contributed by atoms with Gasteiger partial charge in [0.25, 0.3) is 0 Å². The summed E-state index contributed by atoms with van der Waals surface area (Å²) in [6.45, 7) is 1.92. The number of nitrogens with zero attached hydrogens (tertiary/aromatic N) is 3. The van der Waals surface area contributed by atoms with E-state index in [0.717, 1.165) is 16.7 Å². The monoisotopic (exact) mass is 268 g/mol. The van der Waals surface area contributed by atoms with Gasteiger partial charge in [-0.2, -0.15) is 0 Å². The van der Waals surface area contributed by atoms with Crippen molar-refractivity contribution in [2.75, 3.05) is 5.73 Å². The fourth-order valence-electron chi connectivity index (χ4n) is 2.46. The Morgan fingerprint density at radius 3 is 2.85 bits per heavy atom. The van der Waals surface area contributed by atoms with Crippen LogP contribution in [0, 0.1) is 0 Å². The molecule has 5 heteroatoms. The number of aliphatic hydroxyl groups excluding tert-OH is 1. The van der Waals surface area contributed by atoms with Crippen LogP contribution in [-0.4, -0.2) is 19.6 Å². The van der Waals surface area contributed by atoms with Crippen molar-refractivity contribution < 1.29 is 5.11 Å². The van der Waals surface area contributed by atoms with Crippen LogP contribution >= 0.6 is 0 Å². The van der Waals surface area contributed by atoms with Crippen LogP contribution in [0.5, 0.6) is 0 Å². The number of hydrogen-bond donors (Lipinski definition) is 2. The molecule has 5 nitrogen and oxygen atoms in total. The second-order valence-corrected chi connectivity index (χ2v) is 4.73. The number of imidazole rings is 1. The molecule has 102 valence electrons. The van der Waals surface area contributed by atoms with E-state index in [-0.39, 0.29) is 12.6 Å². The summed E-state index contributed by atoms with van der Waals surface area (Å²) in [7, 11) is 0. The Balaban J connectivity index is 2.19. The largest absolute Gasteiger partial charge is 0.399 e. The Morgan fingerprint density at radius 1 is 1.30 bits per heavy atom. The molecule has 2 aromatic heterocycles. The maximum absolute atomic E-state index is 9.55. The van der Waals surface area contributed by atoms with Gasteiger partial charge in [-0.05, 0) is 37.3 Å². The third-order valence-corrected chi connectivity index (χ3v) is 3.43. The molecule has 1 aromatic carbocycles. The van der Waals surface area contributed by atoms with E-state index in [9.17, 15) is 5.11 Å². The number of hydrogen-bond acceptors (Lipinski definition) is 4. The zero-order valence-electron chi connectivity index (χ0n) is 11.2. The molecule has 0 radical (unpaired) electrons. The van der Waals surface area contributed by atoms with Gasteiger partial charge >= 0.3 is 0 Å². The summed E-state index contributed by atoms with van der Waals surface area (Å²) >= 11 is 0. The average molecular weight is 268 g/mol. The number of anilines is 1. The molecule has 20 heavy (non-hydrogen) atoms. The van der Waals surface area contributed by atoms with Crippen LogP contribution in [-0.2, 0) is 6.61 Å². The number of pyridine rings is 1. The summed E-state index contributed by atoms with van der Waals surface area (Å²) in [5.74, 6) is 0.615. The van der Waals surface area contributed by atoms with E-state index in [1.165, 1.54) is 0 Å². The van der Waals surface area contributed by atoms with Gasteiger partial charge in [0, 0.05) is 11.9 Å². The Morgan fingerprint density at radius 2 is 2.15 bits per heavy atom. The van der Waals surface area contributed by atoms with Crippen LogP contribution in [0.4, 0.5) is 5.69 Å². The number of fused-ring (bicyclic) bond motifs is 1. The first-order chi connectivity index (χ1) is 9.70. The Bertz CT molecular complexity index is 736. The summed E-state index contributed by atoms with van der Waals surface area (Å²) in [6.07, 6.45) is 1.77. The minimum absolute atomic E-state index is 0.00743. The molecule has 1 atom stereocenters. The van der Waals surface area contributed by atoms with E-state index < -0.39 is 0 Å². The van der Waals surface area contributed by atoms with Crippen molar-refractivity contribution in [2.24, 2.45) is 0 Å². The number of nitrogens with two attached hydrogens (primary N) is 1. The van der Waals surface area contributed by atoms with Crippen LogP contribution in [0.2, 0.25) is 0 Å². The van der Waals surface area contributed by atoms with Crippen LogP contribution < -0.4 is 5.73 Å². The van der Waals surface area contributed by atoms with Crippen molar-refractivity contribution >= 4 is 16.7 Å². The van der Waals surface area contributed by atoms with Crippen LogP contribution in [0.1, 0.15) is 24.5 Å². The smallest absolute Gasteiger partial charge is 0.136 e. The minimum atomic E-state index is -0.119. The van der Waals surface area contributed by atoms with E-state index >= 15 is 0 Å². The van der Waals surface area contributed by atoms with E-state index in [2.05, 4.69) is 9.97 Å². The first-order valence-electron chi connectivity index (χ1n) is 6.49. The van der Waals surface area contributed by atoms with Crippen LogP contribution in [0.15, 0.2) is 42.6 Å². The highest BCUT2D eigenvalue weighted by molar-refractivity contribution is 5.80. The molecule has 0 spiro atoms. The Labute approximate surface area is 116 Å². The number of aliphatic hydroxyl groups is 1. The first-order valence-corrected chi connectivity index (χ1v) is 6.49. The van der Waals surface area contributed by atoms with Gasteiger partial charge in [0.15, 0.2) is 0 Å². The second kappa shape index (κ2) is 4.94. The van der Waals surface area contributed by atoms with Gasteiger partial charge in [-0.25, -0.2) is 4.98 Å². The fraction of sp³-hybridized carbons (Fsp3) is 0.200. The molecule has 3 aromatic rings. The SMILES string of the molecule is CC(c1ccccn1)n1c(CO)nc2cc(N)ccc21. The molecule has 1 unspecified atom stereocenters. The van der Waals surface area contributed by atoms with E-state index in [0.29, 0.717) is 11.5 Å². The molecule has 0 fully saturated rings. The number of aromatic nitrogens is 3. The van der Waals surface area contributed by atoms with Gasteiger partial charge in [0.2, 0.25) is 0 Å². The lowest BCUT2D eigenvalue weighted by Gasteiger charge is -2.16. The summed E-state index contributed by atoms with van der Waals surface area (Å²) in [5, 5.41) is 9.55. The highest BCUT2D eigenvalue weighted by Gasteiger charge is 2.17. The van der Waals surface area contributed by atoms with Crippen molar-refractivity contribution in [3.8, 4) is 0 Å². The zero-order chi connectivity index (χ0) is 14.1. The maximum Gasteiger partial charge on any atom is 0.136 e. The first kappa shape index (κ1) is 12.6. The number of nitrogen functional groups attached to an aromatic ring is 1. The van der Waals surface area contributed by atoms with Gasteiger partial charge in [-0.1, -0.05) is 6.07 Å². The zero-order valence-corrected chi connectivity index (χ0v) is 11.2. The Kier molecular flexibility index (Phi) is 3.12. The molecule has 0 aliphatic heterocycles. The second-order valence-electron chi connectivity index (χ2n) is 4.73. The molecule has 0 bridgehead atoms. The van der Waals surface area contributed by atoms with Gasteiger partial charge in [0.1, 0.15) is 12.4 Å². The molecule has 0 amide bonds. The highest BCUT2D eigenvalue weighted by atomic mass is 16.3. The molecule has 0 saturated carbocycles. The summed E-state index contributed by atoms with van der Waals surface area (Å²) in [5.41, 5.74) is 9.12. The standard InChI is InChI=1S/C15H16N4O/c1-10(12-4-2-3-7-17-12)19-14-6-5-11(16)8-13(14)18-15(19)9-20/h2-8,10,20H,9,16H2,1H3. The molecule has 2 heterocycles. The average Bonchev–Trinajstić information content (AvgIpc) is 2.84. The lowest BCUT2D eigenvalue weighted by Crippen LogP contribution is -2.12. The molecule has 3 N–H and O–H groups in total. The predicted molar refractivity (Wildman–Crippen MR) is 78.1 cm³/mol. The third kappa shape index (κ3) is 2.02. The van der Waals surface area contributed by atoms with Crippen LogP contribution in [0.3, 0.4) is 0 Å².